The molecule has 0 spiro atoms. The van der Waals surface area contributed by atoms with E-state index in [0.29, 0.717) is 12.5 Å². The first-order chi connectivity index (χ1) is 13.7. The van der Waals surface area contributed by atoms with Crippen LogP contribution < -0.4 is 4.90 Å². The summed E-state index contributed by atoms with van der Waals surface area (Å²) >= 11 is 1.81. The lowest BCUT2D eigenvalue weighted by Crippen LogP contribution is -3.11. The molecule has 1 amide bonds. The van der Waals surface area contributed by atoms with Gasteiger partial charge in [0.05, 0.1) is 21.8 Å². The minimum Gasteiger partial charge on any atom is -0.338 e. The number of carbonyl (C=O) groups excluding carboxylic acids is 1. The molecule has 2 heterocycles. The molecule has 2 aromatic carbocycles. The monoisotopic (exact) mass is 394 g/mol. The molecule has 4 rings (SSSR count). The summed E-state index contributed by atoms with van der Waals surface area (Å²) in [6, 6.07) is 18.8. The third-order valence-corrected chi connectivity index (χ3v) is 6.90. The average molecular weight is 395 g/mol. The Morgan fingerprint density at radius 3 is 2.54 bits per heavy atom. The molecule has 0 bridgehead atoms. The molecule has 1 N–H and O–H groups in total. The predicted molar refractivity (Wildman–Crippen MR) is 115 cm³/mol. The first-order valence-corrected chi connectivity index (χ1v) is 11.1. The van der Waals surface area contributed by atoms with E-state index >= 15 is 0 Å². The van der Waals surface area contributed by atoms with Crippen LogP contribution in [-0.2, 0) is 11.3 Å². The molecule has 1 atom stereocenters. The van der Waals surface area contributed by atoms with Gasteiger partial charge in [0.25, 0.3) is 5.91 Å². The van der Waals surface area contributed by atoms with Crippen molar-refractivity contribution in [3.63, 3.8) is 0 Å². The first kappa shape index (κ1) is 19.1. The molecule has 3 aromatic rings. The van der Waals surface area contributed by atoms with E-state index in [1.54, 1.807) is 0 Å². The first-order valence-electron chi connectivity index (χ1n) is 10.2. The largest absolute Gasteiger partial charge is 0.338 e. The number of fused-ring (bicyclic) bond motifs is 1. The highest BCUT2D eigenvalue weighted by Crippen LogP contribution is 2.33. The maximum atomic E-state index is 12.8. The fraction of sp³-hybridized carbons (Fsp3) is 0.391. The Labute approximate surface area is 170 Å². The van der Waals surface area contributed by atoms with Crippen molar-refractivity contribution < 1.29 is 9.69 Å². The van der Waals surface area contributed by atoms with Crippen molar-refractivity contribution in [1.29, 1.82) is 0 Å². The SMILES string of the molecule is CC[NH+](CC(=O)N1CCC(c2nc3ccccc3s2)CC1)Cc1ccccc1. The Kier molecular flexibility index (Phi) is 6.03. The Morgan fingerprint density at radius 1 is 1.11 bits per heavy atom. The standard InChI is InChI=1S/C23H27N3OS/c1-2-25(16-18-8-4-3-5-9-18)17-22(27)26-14-12-19(13-15-26)23-24-20-10-6-7-11-21(20)28-23/h3-11,19H,2,12-17H2,1H3/p+1. The van der Waals surface area contributed by atoms with Gasteiger partial charge in [0.1, 0.15) is 6.54 Å². The highest BCUT2D eigenvalue weighted by atomic mass is 32.1. The molecule has 0 radical (unpaired) electrons. The third kappa shape index (κ3) is 4.42. The van der Waals surface area contributed by atoms with Crippen LogP contribution in [0.4, 0.5) is 0 Å². The summed E-state index contributed by atoms with van der Waals surface area (Å²) in [6.45, 7) is 6.31. The van der Waals surface area contributed by atoms with Crippen molar-refractivity contribution >= 4 is 27.5 Å². The number of amides is 1. The van der Waals surface area contributed by atoms with Gasteiger partial charge in [-0.2, -0.15) is 0 Å². The lowest BCUT2D eigenvalue weighted by atomic mass is 9.97. The Bertz CT molecular complexity index is 883. The molecule has 5 heteroatoms. The molecule has 4 nitrogen and oxygen atoms in total. The van der Waals surface area contributed by atoms with Gasteiger partial charge in [-0.15, -0.1) is 11.3 Å². The van der Waals surface area contributed by atoms with Gasteiger partial charge in [-0.3, -0.25) is 4.79 Å². The fourth-order valence-electron chi connectivity index (χ4n) is 3.96. The second-order valence-corrected chi connectivity index (χ2v) is 8.68. The summed E-state index contributed by atoms with van der Waals surface area (Å²) in [5.74, 6) is 0.774. The maximum Gasteiger partial charge on any atom is 0.277 e. The minimum absolute atomic E-state index is 0.288. The molecule has 146 valence electrons. The summed E-state index contributed by atoms with van der Waals surface area (Å²) in [5, 5.41) is 1.23. The van der Waals surface area contributed by atoms with Crippen LogP contribution in [0.3, 0.4) is 0 Å². The van der Waals surface area contributed by atoms with Gasteiger partial charge >= 0.3 is 0 Å². The minimum atomic E-state index is 0.288. The molecule has 0 saturated carbocycles. The number of aromatic nitrogens is 1. The molecule has 0 aliphatic carbocycles. The summed E-state index contributed by atoms with van der Waals surface area (Å²) in [7, 11) is 0. The Balaban J connectivity index is 1.31. The van der Waals surface area contributed by atoms with E-state index in [-0.39, 0.29) is 5.91 Å². The normalized spacial score (nSPS) is 16.4. The van der Waals surface area contributed by atoms with E-state index in [1.165, 1.54) is 20.2 Å². The van der Waals surface area contributed by atoms with Gasteiger partial charge in [0.2, 0.25) is 0 Å². The van der Waals surface area contributed by atoms with Crippen LogP contribution >= 0.6 is 11.3 Å². The van der Waals surface area contributed by atoms with Gasteiger partial charge in [0.15, 0.2) is 6.54 Å². The number of likely N-dealkylation sites (tertiary alicyclic amines) is 1. The van der Waals surface area contributed by atoms with Crippen molar-refractivity contribution in [2.75, 3.05) is 26.2 Å². The van der Waals surface area contributed by atoms with Crippen LogP contribution in [-0.4, -0.2) is 42.0 Å². The summed E-state index contributed by atoms with van der Waals surface area (Å²) in [5.41, 5.74) is 2.39. The fourth-order valence-corrected chi connectivity index (χ4v) is 5.10. The highest BCUT2D eigenvalue weighted by molar-refractivity contribution is 7.18. The molecule has 1 aliphatic heterocycles. The topological polar surface area (TPSA) is 37.6 Å². The number of para-hydroxylation sites is 1. The van der Waals surface area contributed by atoms with Crippen LogP contribution in [0.5, 0.6) is 0 Å². The smallest absolute Gasteiger partial charge is 0.277 e. The predicted octanol–water partition coefficient (Wildman–Crippen LogP) is 3.11. The van der Waals surface area contributed by atoms with Crippen LogP contribution in [0, 0.1) is 0 Å². The van der Waals surface area contributed by atoms with Crippen LogP contribution in [0.15, 0.2) is 54.6 Å². The van der Waals surface area contributed by atoms with Crippen LogP contribution in [0.1, 0.15) is 36.3 Å². The van der Waals surface area contributed by atoms with Gasteiger partial charge in [0, 0.05) is 24.6 Å². The number of rotatable bonds is 6. The molecule has 1 aliphatic rings. The molecule has 1 saturated heterocycles. The third-order valence-electron chi connectivity index (χ3n) is 5.71. The van der Waals surface area contributed by atoms with E-state index in [0.717, 1.165) is 44.5 Å². The number of nitrogens with one attached hydrogen (secondary N) is 1. The van der Waals surface area contributed by atoms with E-state index in [2.05, 4.69) is 54.3 Å². The molecule has 1 fully saturated rings. The number of hydrogen-bond donors (Lipinski definition) is 1. The van der Waals surface area contributed by atoms with Crippen molar-refractivity contribution in [2.24, 2.45) is 0 Å². The van der Waals surface area contributed by atoms with Gasteiger partial charge < -0.3 is 9.80 Å². The van der Waals surface area contributed by atoms with E-state index in [1.807, 2.05) is 23.5 Å². The summed E-state index contributed by atoms with van der Waals surface area (Å²) in [6.07, 6.45) is 2.04. The number of benzene rings is 2. The van der Waals surface area contributed by atoms with Crippen molar-refractivity contribution in [1.82, 2.24) is 9.88 Å². The van der Waals surface area contributed by atoms with E-state index < -0.39 is 0 Å². The molecule has 1 aromatic heterocycles. The lowest BCUT2D eigenvalue weighted by molar-refractivity contribution is -0.904. The molecular formula is C23H28N3OS+. The van der Waals surface area contributed by atoms with Gasteiger partial charge in [-0.05, 0) is 31.9 Å². The number of hydrogen-bond acceptors (Lipinski definition) is 3. The zero-order valence-electron chi connectivity index (χ0n) is 16.4. The molecule has 1 unspecified atom stereocenters. The molecular weight excluding hydrogens is 366 g/mol. The molecule has 28 heavy (non-hydrogen) atoms. The number of carbonyl (C=O) groups is 1. The summed E-state index contributed by atoms with van der Waals surface area (Å²) < 4.78 is 1.26. The number of nitrogens with zero attached hydrogens (tertiary/aromatic N) is 2. The Hall–Kier alpha value is -2.24. The lowest BCUT2D eigenvalue weighted by Gasteiger charge is -2.32. The number of likely N-dealkylation sites (N-methyl/N-ethyl adjacent to an activating group) is 1. The van der Waals surface area contributed by atoms with Crippen molar-refractivity contribution in [3.05, 3.63) is 65.2 Å². The van der Waals surface area contributed by atoms with Crippen molar-refractivity contribution in [3.8, 4) is 0 Å². The second-order valence-electron chi connectivity index (χ2n) is 7.62. The summed E-state index contributed by atoms with van der Waals surface area (Å²) in [4.78, 5) is 21.0. The highest BCUT2D eigenvalue weighted by Gasteiger charge is 2.27. The second kappa shape index (κ2) is 8.84. The zero-order valence-corrected chi connectivity index (χ0v) is 17.3. The average Bonchev–Trinajstić information content (AvgIpc) is 3.18. The zero-order chi connectivity index (χ0) is 19.3. The number of piperidine rings is 1. The number of quaternary nitrogens is 1. The van der Waals surface area contributed by atoms with Crippen molar-refractivity contribution in [2.45, 2.75) is 32.2 Å². The van der Waals surface area contributed by atoms with Crippen LogP contribution in [0.25, 0.3) is 10.2 Å². The quantitative estimate of drug-likeness (QED) is 0.698. The van der Waals surface area contributed by atoms with Crippen LogP contribution in [0.2, 0.25) is 0 Å². The van der Waals surface area contributed by atoms with Gasteiger partial charge in [-0.1, -0.05) is 42.5 Å². The van der Waals surface area contributed by atoms with Gasteiger partial charge in [-0.25, -0.2) is 4.98 Å². The number of thiazole rings is 1. The Morgan fingerprint density at radius 2 is 1.82 bits per heavy atom. The maximum absolute atomic E-state index is 12.8. The van der Waals surface area contributed by atoms with E-state index in [9.17, 15) is 4.79 Å². The van der Waals surface area contributed by atoms with E-state index in [4.69, 9.17) is 4.98 Å².